The summed E-state index contributed by atoms with van der Waals surface area (Å²) in [5, 5.41) is 0. The number of benzene rings is 1. The van der Waals surface area contributed by atoms with E-state index in [2.05, 4.69) is 0 Å². The minimum Gasteiger partial charge on any atom is -0.494 e. The molecule has 0 atom stereocenters. The van der Waals surface area contributed by atoms with Crippen molar-refractivity contribution >= 4 is 0 Å². The van der Waals surface area contributed by atoms with Crippen molar-refractivity contribution in [2.24, 2.45) is 7.05 Å². The maximum absolute atomic E-state index is 11.7. The molecule has 2 rings (SSSR count). The van der Waals surface area contributed by atoms with Crippen LogP contribution >= 0.6 is 0 Å². The summed E-state index contributed by atoms with van der Waals surface area (Å²) in [5.74, 6) is 0.849. The van der Waals surface area contributed by atoms with Crippen molar-refractivity contribution in [1.29, 1.82) is 0 Å². The fourth-order valence-electron chi connectivity index (χ4n) is 1.97. The Bertz CT molecular complexity index is 588. The quantitative estimate of drug-likeness (QED) is 0.830. The van der Waals surface area contributed by atoms with E-state index < -0.39 is 0 Å². The van der Waals surface area contributed by atoms with Crippen LogP contribution in [-0.4, -0.2) is 11.2 Å². The number of hydrogen-bond donors (Lipinski definition) is 0. The SMILES string of the molecule is CCOc1cccc(-c2cc(C)c(=O)n(C)c2)c1. The van der Waals surface area contributed by atoms with Gasteiger partial charge in [0, 0.05) is 18.8 Å². The molecule has 0 bridgehead atoms. The van der Waals surface area contributed by atoms with Crippen molar-refractivity contribution in [1.82, 2.24) is 4.57 Å². The zero-order chi connectivity index (χ0) is 13.1. The summed E-state index contributed by atoms with van der Waals surface area (Å²) in [5.41, 5.74) is 2.87. The molecule has 1 aromatic carbocycles. The van der Waals surface area contributed by atoms with Gasteiger partial charge in [-0.05, 0) is 43.2 Å². The van der Waals surface area contributed by atoms with Crippen molar-refractivity contribution in [3.8, 4) is 16.9 Å². The third-order valence-electron chi connectivity index (χ3n) is 2.84. The summed E-state index contributed by atoms with van der Waals surface area (Å²) in [7, 11) is 1.77. The Kier molecular flexibility index (Phi) is 3.51. The molecule has 18 heavy (non-hydrogen) atoms. The molecule has 3 nitrogen and oxygen atoms in total. The molecule has 0 spiro atoms. The summed E-state index contributed by atoms with van der Waals surface area (Å²) in [6, 6.07) is 9.81. The number of ether oxygens (including phenoxy) is 1. The first kappa shape index (κ1) is 12.4. The average molecular weight is 243 g/mol. The Morgan fingerprint density at radius 2 is 2.00 bits per heavy atom. The van der Waals surface area contributed by atoms with E-state index in [1.807, 2.05) is 50.4 Å². The first-order chi connectivity index (χ1) is 8.61. The van der Waals surface area contributed by atoms with Crippen LogP contribution in [0.5, 0.6) is 5.75 Å². The number of pyridine rings is 1. The number of rotatable bonds is 3. The van der Waals surface area contributed by atoms with Crippen LogP contribution in [0, 0.1) is 6.92 Å². The van der Waals surface area contributed by atoms with Gasteiger partial charge in [0.1, 0.15) is 5.75 Å². The molecule has 0 aliphatic carbocycles. The van der Waals surface area contributed by atoms with Gasteiger partial charge in [0.25, 0.3) is 5.56 Å². The fraction of sp³-hybridized carbons (Fsp3) is 0.267. The lowest BCUT2D eigenvalue weighted by atomic mass is 10.1. The van der Waals surface area contributed by atoms with Crippen molar-refractivity contribution in [2.45, 2.75) is 13.8 Å². The molecule has 0 fully saturated rings. The van der Waals surface area contributed by atoms with Crippen LogP contribution in [0.25, 0.3) is 11.1 Å². The van der Waals surface area contributed by atoms with E-state index in [9.17, 15) is 4.79 Å². The smallest absolute Gasteiger partial charge is 0.253 e. The lowest BCUT2D eigenvalue weighted by Gasteiger charge is -2.08. The van der Waals surface area contributed by atoms with E-state index in [0.717, 1.165) is 22.4 Å². The second kappa shape index (κ2) is 5.08. The highest BCUT2D eigenvalue weighted by atomic mass is 16.5. The second-order valence-electron chi connectivity index (χ2n) is 4.29. The standard InChI is InChI=1S/C15H17NO2/c1-4-18-14-7-5-6-12(9-14)13-8-11(2)15(17)16(3)10-13/h5-10H,4H2,1-3H3. The molecule has 3 heteroatoms. The minimum atomic E-state index is 0.0414. The average Bonchev–Trinajstić information content (AvgIpc) is 2.36. The predicted octanol–water partition coefficient (Wildman–Crippen LogP) is 2.76. The van der Waals surface area contributed by atoms with Crippen LogP contribution in [0.4, 0.5) is 0 Å². The van der Waals surface area contributed by atoms with E-state index in [4.69, 9.17) is 4.74 Å². The Hall–Kier alpha value is -2.03. The number of aromatic nitrogens is 1. The monoisotopic (exact) mass is 243 g/mol. The van der Waals surface area contributed by atoms with Gasteiger partial charge in [0.05, 0.1) is 6.61 Å². The van der Waals surface area contributed by atoms with E-state index >= 15 is 0 Å². The molecule has 1 heterocycles. The largest absolute Gasteiger partial charge is 0.494 e. The predicted molar refractivity (Wildman–Crippen MR) is 73.0 cm³/mol. The van der Waals surface area contributed by atoms with Crippen LogP contribution in [0.15, 0.2) is 41.3 Å². The van der Waals surface area contributed by atoms with E-state index in [1.165, 1.54) is 0 Å². The molecular formula is C15H17NO2. The molecule has 0 radical (unpaired) electrons. The minimum absolute atomic E-state index is 0.0414. The van der Waals surface area contributed by atoms with Crippen molar-refractivity contribution < 1.29 is 4.74 Å². The van der Waals surface area contributed by atoms with Crippen LogP contribution in [0.3, 0.4) is 0 Å². The van der Waals surface area contributed by atoms with Gasteiger partial charge in [-0.3, -0.25) is 4.79 Å². The third-order valence-corrected chi connectivity index (χ3v) is 2.84. The number of nitrogens with zero attached hydrogens (tertiary/aromatic N) is 1. The lowest BCUT2D eigenvalue weighted by molar-refractivity contribution is 0.340. The fourth-order valence-corrected chi connectivity index (χ4v) is 1.97. The van der Waals surface area contributed by atoms with Crippen molar-refractivity contribution in [3.05, 3.63) is 52.4 Å². The highest BCUT2D eigenvalue weighted by Gasteiger charge is 2.04. The van der Waals surface area contributed by atoms with Gasteiger partial charge in [0.2, 0.25) is 0 Å². The summed E-state index contributed by atoms with van der Waals surface area (Å²) in [6.07, 6.45) is 1.85. The number of hydrogen-bond acceptors (Lipinski definition) is 2. The first-order valence-corrected chi connectivity index (χ1v) is 6.02. The molecule has 0 aliphatic rings. The van der Waals surface area contributed by atoms with Gasteiger partial charge < -0.3 is 9.30 Å². The maximum Gasteiger partial charge on any atom is 0.253 e. The van der Waals surface area contributed by atoms with Crippen molar-refractivity contribution in [3.63, 3.8) is 0 Å². The molecule has 0 aliphatic heterocycles. The Morgan fingerprint density at radius 3 is 2.67 bits per heavy atom. The van der Waals surface area contributed by atoms with Crippen molar-refractivity contribution in [2.75, 3.05) is 6.61 Å². The summed E-state index contributed by atoms with van der Waals surface area (Å²) >= 11 is 0. The molecule has 0 N–H and O–H groups in total. The van der Waals surface area contributed by atoms with Crippen LogP contribution in [-0.2, 0) is 7.05 Å². The normalized spacial score (nSPS) is 10.4. The summed E-state index contributed by atoms with van der Waals surface area (Å²) in [6.45, 7) is 4.44. The molecular weight excluding hydrogens is 226 g/mol. The molecule has 0 unspecified atom stereocenters. The summed E-state index contributed by atoms with van der Waals surface area (Å²) < 4.78 is 7.09. The zero-order valence-corrected chi connectivity index (χ0v) is 10.9. The van der Waals surface area contributed by atoms with Crippen LogP contribution < -0.4 is 10.3 Å². The number of aryl methyl sites for hydroxylation is 2. The Morgan fingerprint density at radius 1 is 1.22 bits per heavy atom. The Balaban J connectivity index is 2.48. The molecule has 0 saturated carbocycles. The van der Waals surface area contributed by atoms with Gasteiger partial charge in [-0.15, -0.1) is 0 Å². The zero-order valence-electron chi connectivity index (χ0n) is 10.9. The van der Waals surface area contributed by atoms with E-state index in [1.54, 1.807) is 11.6 Å². The lowest BCUT2D eigenvalue weighted by Crippen LogP contribution is -2.18. The third kappa shape index (κ3) is 2.45. The molecule has 0 amide bonds. The maximum atomic E-state index is 11.7. The van der Waals surface area contributed by atoms with E-state index in [0.29, 0.717) is 6.61 Å². The van der Waals surface area contributed by atoms with Gasteiger partial charge in [-0.2, -0.15) is 0 Å². The summed E-state index contributed by atoms with van der Waals surface area (Å²) in [4.78, 5) is 11.7. The molecule has 1 aromatic heterocycles. The van der Waals surface area contributed by atoms with Crippen LogP contribution in [0.1, 0.15) is 12.5 Å². The highest BCUT2D eigenvalue weighted by molar-refractivity contribution is 5.64. The molecule has 94 valence electrons. The molecule has 2 aromatic rings. The molecule has 0 saturated heterocycles. The topological polar surface area (TPSA) is 31.2 Å². The Labute approximate surface area is 107 Å². The van der Waals surface area contributed by atoms with Gasteiger partial charge in [-0.1, -0.05) is 12.1 Å². The highest BCUT2D eigenvalue weighted by Crippen LogP contribution is 2.23. The second-order valence-corrected chi connectivity index (χ2v) is 4.29. The first-order valence-electron chi connectivity index (χ1n) is 6.02. The van der Waals surface area contributed by atoms with Gasteiger partial charge in [0.15, 0.2) is 0 Å². The van der Waals surface area contributed by atoms with Crippen LogP contribution in [0.2, 0.25) is 0 Å². The van der Waals surface area contributed by atoms with Gasteiger partial charge >= 0.3 is 0 Å². The van der Waals surface area contributed by atoms with Gasteiger partial charge in [-0.25, -0.2) is 0 Å². The van der Waals surface area contributed by atoms with E-state index in [-0.39, 0.29) is 5.56 Å².